The van der Waals surface area contributed by atoms with Crippen molar-refractivity contribution in [3.8, 4) is 0 Å². The number of benzene rings is 1. The summed E-state index contributed by atoms with van der Waals surface area (Å²) < 4.78 is 2.11. The average Bonchev–Trinajstić information content (AvgIpc) is 3.00. The topological polar surface area (TPSA) is 48.0 Å². The van der Waals surface area contributed by atoms with Crippen molar-refractivity contribution in [3.63, 3.8) is 0 Å². The fourth-order valence-corrected chi connectivity index (χ4v) is 2.37. The third kappa shape index (κ3) is 1.91. The molecule has 2 N–H and O–H groups in total. The van der Waals surface area contributed by atoms with Crippen LogP contribution in [0.2, 0.25) is 5.02 Å². The van der Waals surface area contributed by atoms with E-state index >= 15 is 0 Å². The van der Waals surface area contributed by atoms with Crippen LogP contribution in [0.15, 0.2) is 24.4 Å². The van der Waals surface area contributed by atoms with Gasteiger partial charge in [0.05, 0.1) is 5.56 Å². The molecule has 1 aliphatic rings. The number of primary amides is 1. The Hall–Kier alpha value is -1.48. The summed E-state index contributed by atoms with van der Waals surface area (Å²) in [5.41, 5.74) is 6.99. The van der Waals surface area contributed by atoms with Gasteiger partial charge in [-0.1, -0.05) is 11.6 Å². The molecular formula is C13H13ClN2O. The molecule has 0 saturated heterocycles. The second kappa shape index (κ2) is 3.77. The number of rotatable bonds is 3. The predicted molar refractivity (Wildman–Crippen MR) is 68.2 cm³/mol. The quantitative estimate of drug-likeness (QED) is 0.892. The summed E-state index contributed by atoms with van der Waals surface area (Å²) in [6.07, 6.45) is 4.40. The Balaban J connectivity index is 2.18. The van der Waals surface area contributed by atoms with Crippen molar-refractivity contribution in [1.29, 1.82) is 0 Å². The molecule has 1 fully saturated rings. The van der Waals surface area contributed by atoms with Gasteiger partial charge >= 0.3 is 0 Å². The van der Waals surface area contributed by atoms with Crippen LogP contribution in [-0.4, -0.2) is 10.5 Å². The van der Waals surface area contributed by atoms with Crippen LogP contribution in [-0.2, 0) is 6.54 Å². The van der Waals surface area contributed by atoms with E-state index in [1.54, 1.807) is 6.07 Å². The van der Waals surface area contributed by atoms with Gasteiger partial charge in [0.25, 0.3) is 5.91 Å². The first-order valence-corrected chi connectivity index (χ1v) is 6.11. The van der Waals surface area contributed by atoms with E-state index in [-0.39, 0.29) is 0 Å². The number of fused-ring (bicyclic) bond motifs is 1. The SMILES string of the molecule is NC(=O)c1cn(CC2CC2)c2ccc(Cl)cc12. The maximum Gasteiger partial charge on any atom is 0.250 e. The first-order chi connectivity index (χ1) is 8.15. The maximum absolute atomic E-state index is 11.4. The van der Waals surface area contributed by atoms with Gasteiger partial charge in [-0.25, -0.2) is 0 Å². The molecule has 0 bridgehead atoms. The van der Waals surface area contributed by atoms with Gasteiger partial charge in [-0.15, -0.1) is 0 Å². The van der Waals surface area contributed by atoms with Crippen molar-refractivity contribution in [1.82, 2.24) is 4.57 Å². The Morgan fingerprint density at radius 1 is 1.47 bits per heavy atom. The van der Waals surface area contributed by atoms with E-state index in [4.69, 9.17) is 17.3 Å². The van der Waals surface area contributed by atoms with E-state index in [0.29, 0.717) is 10.6 Å². The highest BCUT2D eigenvalue weighted by Crippen LogP contribution is 2.33. The minimum atomic E-state index is -0.396. The molecule has 4 heteroatoms. The van der Waals surface area contributed by atoms with Crippen molar-refractivity contribution in [2.45, 2.75) is 19.4 Å². The fraction of sp³-hybridized carbons (Fsp3) is 0.308. The molecule has 1 saturated carbocycles. The van der Waals surface area contributed by atoms with Crippen LogP contribution in [0.25, 0.3) is 10.9 Å². The number of carbonyl (C=O) groups is 1. The lowest BCUT2D eigenvalue weighted by atomic mass is 10.2. The van der Waals surface area contributed by atoms with E-state index in [1.165, 1.54) is 12.8 Å². The van der Waals surface area contributed by atoms with Gasteiger partial charge in [0, 0.05) is 28.7 Å². The first kappa shape index (κ1) is 10.7. The highest BCUT2D eigenvalue weighted by Gasteiger charge is 2.23. The number of hydrogen-bond acceptors (Lipinski definition) is 1. The number of nitrogens with two attached hydrogens (primary N) is 1. The minimum Gasteiger partial charge on any atom is -0.366 e. The summed E-state index contributed by atoms with van der Waals surface area (Å²) in [5, 5.41) is 1.48. The molecule has 0 radical (unpaired) electrons. The first-order valence-electron chi connectivity index (χ1n) is 5.73. The molecule has 1 heterocycles. The van der Waals surface area contributed by atoms with Gasteiger partial charge < -0.3 is 10.3 Å². The maximum atomic E-state index is 11.4. The molecule has 1 amide bonds. The summed E-state index contributed by atoms with van der Waals surface area (Å²) in [6, 6.07) is 5.60. The Morgan fingerprint density at radius 3 is 2.88 bits per heavy atom. The number of carbonyl (C=O) groups excluding carboxylic acids is 1. The molecule has 1 aromatic heterocycles. The molecule has 2 aromatic rings. The smallest absolute Gasteiger partial charge is 0.250 e. The van der Waals surface area contributed by atoms with E-state index in [1.807, 2.05) is 18.3 Å². The zero-order chi connectivity index (χ0) is 12.0. The molecular weight excluding hydrogens is 236 g/mol. The zero-order valence-corrected chi connectivity index (χ0v) is 10.1. The Bertz CT molecular complexity index is 599. The van der Waals surface area contributed by atoms with Gasteiger partial charge in [0.2, 0.25) is 0 Å². The largest absolute Gasteiger partial charge is 0.366 e. The lowest BCUT2D eigenvalue weighted by Crippen LogP contribution is -2.10. The van der Waals surface area contributed by atoms with Gasteiger partial charge in [-0.2, -0.15) is 0 Å². The van der Waals surface area contributed by atoms with E-state index in [2.05, 4.69) is 4.57 Å². The highest BCUT2D eigenvalue weighted by atomic mass is 35.5. The van der Waals surface area contributed by atoms with Crippen molar-refractivity contribution in [2.24, 2.45) is 11.7 Å². The van der Waals surface area contributed by atoms with Crippen LogP contribution in [0.5, 0.6) is 0 Å². The van der Waals surface area contributed by atoms with Crippen LogP contribution in [0, 0.1) is 5.92 Å². The van der Waals surface area contributed by atoms with Crippen molar-refractivity contribution >= 4 is 28.4 Å². The molecule has 1 aliphatic carbocycles. The second-order valence-electron chi connectivity index (χ2n) is 4.66. The number of halogens is 1. The summed E-state index contributed by atoms with van der Waals surface area (Å²) in [5.74, 6) is 0.355. The van der Waals surface area contributed by atoms with Crippen molar-refractivity contribution in [2.75, 3.05) is 0 Å². The Labute approximate surface area is 104 Å². The van der Waals surface area contributed by atoms with Gasteiger partial charge in [-0.05, 0) is 37.0 Å². The molecule has 1 aromatic carbocycles. The standard InChI is InChI=1S/C13H13ClN2O/c14-9-3-4-12-10(5-9)11(13(15)17)7-16(12)6-8-1-2-8/h3-5,7-8H,1-2,6H2,(H2,15,17). The zero-order valence-electron chi connectivity index (χ0n) is 9.32. The molecule has 3 rings (SSSR count). The van der Waals surface area contributed by atoms with Crippen LogP contribution in [0.3, 0.4) is 0 Å². The van der Waals surface area contributed by atoms with Crippen LogP contribution in [0.1, 0.15) is 23.2 Å². The number of hydrogen-bond donors (Lipinski definition) is 1. The molecule has 0 unspecified atom stereocenters. The Kier molecular flexibility index (Phi) is 2.37. The average molecular weight is 249 g/mol. The van der Waals surface area contributed by atoms with Crippen molar-refractivity contribution in [3.05, 3.63) is 35.0 Å². The summed E-state index contributed by atoms with van der Waals surface area (Å²) in [7, 11) is 0. The van der Waals surface area contributed by atoms with Gasteiger partial charge in [0.1, 0.15) is 0 Å². The summed E-state index contributed by atoms with van der Waals surface area (Å²) in [6.45, 7) is 0.964. The number of aromatic nitrogens is 1. The van der Waals surface area contributed by atoms with Gasteiger partial charge in [-0.3, -0.25) is 4.79 Å². The van der Waals surface area contributed by atoms with Crippen LogP contribution in [0.4, 0.5) is 0 Å². The third-order valence-electron chi connectivity index (χ3n) is 3.26. The lowest BCUT2D eigenvalue weighted by Gasteiger charge is -2.03. The highest BCUT2D eigenvalue weighted by molar-refractivity contribution is 6.31. The molecule has 17 heavy (non-hydrogen) atoms. The van der Waals surface area contributed by atoms with Gasteiger partial charge in [0.15, 0.2) is 0 Å². The third-order valence-corrected chi connectivity index (χ3v) is 3.50. The number of nitrogens with zero attached hydrogens (tertiary/aromatic N) is 1. The lowest BCUT2D eigenvalue weighted by molar-refractivity contribution is 0.100. The minimum absolute atomic E-state index is 0.396. The Morgan fingerprint density at radius 2 is 2.24 bits per heavy atom. The van der Waals surface area contributed by atoms with Crippen LogP contribution < -0.4 is 5.73 Å². The van der Waals surface area contributed by atoms with Crippen molar-refractivity contribution < 1.29 is 4.79 Å². The molecule has 0 atom stereocenters. The van der Waals surface area contributed by atoms with E-state index < -0.39 is 5.91 Å². The van der Waals surface area contributed by atoms with E-state index in [9.17, 15) is 4.79 Å². The summed E-state index contributed by atoms with van der Waals surface area (Å²) in [4.78, 5) is 11.4. The normalized spacial score (nSPS) is 15.4. The molecule has 0 aliphatic heterocycles. The molecule has 88 valence electrons. The second-order valence-corrected chi connectivity index (χ2v) is 5.10. The summed E-state index contributed by atoms with van der Waals surface area (Å²) >= 11 is 5.96. The van der Waals surface area contributed by atoms with Crippen LogP contribution >= 0.6 is 11.6 Å². The fourth-order valence-electron chi connectivity index (χ4n) is 2.20. The molecule has 0 spiro atoms. The van der Waals surface area contributed by atoms with E-state index in [0.717, 1.165) is 23.4 Å². The monoisotopic (exact) mass is 248 g/mol. The number of amides is 1. The molecule has 3 nitrogen and oxygen atoms in total. The predicted octanol–water partition coefficient (Wildman–Crippen LogP) is 2.80.